The zero-order valence-corrected chi connectivity index (χ0v) is 11.6. The van der Waals surface area contributed by atoms with Crippen LogP contribution in [0.4, 0.5) is 0 Å². The van der Waals surface area contributed by atoms with Crippen LogP contribution in [-0.4, -0.2) is 22.6 Å². The monoisotopic (exact) mass is 262 g/mol. The molecule has 1 aliphatic heterocycles. The van der Waals surface area contributed by atoms with Crippen molar-refractivity contribution in [3.05, 3.63) is 17.7 Å². The van der Waals surface area contributed by atoms with Gasteiger partial charge in [0.2, 0.25) is 0 Å². The van der Waals surface area contributed by atoms with E-state index in [2.05, 4.69) is 9.55 Å². The predicted molar refractivity (Wildman–Crippen MR) is 71.9 cm³/mol. The number of esters is 1. The average molecular weight is 262 g/mol. The van der Waals surface area contributed by atoms with E-state index < -0.39 is 0 Å². The third kappa shape index (κ3) is 2.40. The van der Waals surface area contributed by atoms with Gasteiger partial charge >= 0.3 is 5.97 Å². The van der Waals surface area contributed by atoms with Gasteiger partial charge in [-0.2, -0.15) is 0 Å². The molecule has 4 nitrogen and oxygen atoms in total. The Morgan fingerprint density at radius 2 is 2.11 bits per heavy atom. The highest BCUT2D eigenvalue weighted by Crippen LogP contribution is 2.34. The predicted octanol–water partition coefficient (Wildman–Crippen LogP) is 2.67. The Morgan fingerprint density at radius 1 is 1.32 bits per heavy atom. The van der Waals surface area contributed by atoms with Gasteiger partial charge in [0.05, 0.1) is 13.0 Å². The molecule has 1 atom stereocenters. The van der Waals surface area contributed by atoms with E-state index in [0.717, 1.165) is 19.4 Å². The van der Waals surface area contributed by atoms with E-state index in [1.165, 1.54) is 50.7 Å². The number of aromatic nitrogens is 2. The first-order valence-electron chi connectivity index (χ1n) is 7.41. The van der Waals surface area contributed by atoms with Gasteiger partial charge in [0.25, 0.3) is 0 Å². The van der Waals surface area contributed by atoms with Crippen LogP contribution in [0.5, 0.6) is 0 Å². The van der Waals surface area contributed by atoms with Gasteiger partial charge in [-0.15, -0.1) is 0 Å². The average Bonchev–Trinajstić information content (AvgIpc) is 2.90. The summed E-state index contributed by atoms with van der Waals surface area (Å²) in [5.74, 6) is 1.84. The third-order valence-corrected chi connectivity index (χ3v) is 4.63. The van der Waals surface area contributed by atoms with Crippen molar-refractivity contribution in [3.8, 4) is 0 Å². The number of carbonyl (C=O) groups excluding carboxylic acids is 1. The van der Waals surface area contributed by atoms with Crippen LogP contribution in [0.25, 0.3) is 0 Å². The summed E-state index contributed by atoms with van der Waals surface area (Å²) in [7, 11) is 1.47. The summed E-state index contributed by atoms with van der Waals surface area (Å²) in [5.41, 5.74) is 1.21. The molecule has 1 fully saturated rings. The van der Waals surface area contributed by atoms with Crippen molar-refractivity contribution in [2.45, 2.75) is 57.4 Å². The minimum atomic E-state index is -0.0772. The summed E-state index contributed by atoms with van der Waals surface area (Å²) in [6.07, 6.45) is 10.2. The first kappa shape index (κ1) is 12.7. The van der Waals surface area contributed by atoms with Crippen molar-refractivity contribution in [2.24, 2.45) is 5.92 Å². The zero-order valence-electron chi connectivity index (χ0n) is 11.6. The van der Waals surface area contributed by atoms with E-state index in [0.29, 0.717) is 5.92 Å². The Morgan fingerprint density at radius 3 is 2.84 bits per heavy atom. The highest BCUT2D eigenvalue weighted by Gasteiger charge is 2.29. The molecule has 0 saturated heterocycles. The van der Waals surface area contributed by atoms with Gasteiger partial charge in [-0.3, -0.25) is 4.79 Å². The summed E-state index contributed by atoms with van der Waals surface area (Å²) in [5, 5.41) is 0. The maximum atomic E-state index is 11.6. The van der Waals surface area contributed by atoms with Gasteiger partial charge in [0.15, 0.2) is 0 Å². The molecule has 0 bridgehead atoms. The lowest BCUT2D eigenvalue weighted by molar-refractivity contribution is -0.146. The number of carbonyl (C=O) groups is 1. The summed E-state index contributed by atoms with van der Waals surface area (Å²) < 4.78 is 7.22. The fourth-order valence-electron chi connectivity index (χ4n) is 3.54. The van der Waals surface area contributed by atoms with Gasteiger partial charge < -0.3 is 9.30 Å². The molecule has 1 aromatic heterocycles. The van der Waals surface area contributed by atoms with Crippen molar-refractivity contribution < 1.29 is 9.53 Å². The molecule has 2 aliphatic rings. The molecule has 104 valence electrons. The van der Waals surface area contributed by atoms with E-state index in [1.54, 1.807) is 0 Å². The topological polar surface area (TPSA) is 44.1 Å². The molecule has 0 N–H and O–H groups in total. The molecule has 0 aromatic carbocycles. The summed E-state index contributed by atoms with van der Waals surface area (Å²) >= 11 is 0. The van der Waals surface area contributed by atoms with Crippen LogP contribution in [0.15, 0.2) is 6.20 Å². The lowest BCUT2D eigenvalue weighted by Crippen LogP contribution is -2.27. The Hall–Kier alpha value is -1.32. The number of ether oxygens (including phenoxy) is 1. The highest BCUT2D eigenvalue weighted by atomic mass is 16.5. The molecule has 0 amide bonds. The zero-order chi connectivity index (χ0) is 13.2. The van der Waals surface area contributed by atoms with Crippen LogP contribution in [-0.2, 0) is 22.5 Å². The fraction of sp³-hybridized carbons (Fsp3) is 0.733. The van der Waals surface area contributed by atoms with Crippen LogP contribution >= 0.6 is 0 Å². The van der Waals surface area contributed by atoms with Crippen molar-refractivity contribution >= 4 is 5.97 Å². The summed E-state index contributed by atoms with van der Waals surface area (Å²) in [4.78, 5) is 16.3. The molecule has 19 heavy (non-hydrogen) atoms. The van der Waals surface area contributed by atoms with E-state index in [4.69, 9.17) is 4.74 Å². The molecule has 4 heteroatoms. The first-order valence-corrected chi connectivity index (χ1v) is 7.41. The van der Waals surface area contributed by atoms with E-state index >= 15 is 0 Å². The lowest BCUT2D eigenvalue weighted by Gasteiger charge is -2.27. The number of imidazole rings is 1. The first-order chi connectivity index (χ1) is 9.29. The lowest BCUT2D eigenvalue weighted by atomic mass is 9.88. The van der Waals surface area contributed by atoms with Crippen molar-refractivity contribution in [2.75, 3.05) is 7.11 Å². The molecule has 0 spiro atoms. The third-order valence-electron chi connectivity index (χ3n) is 4.63. The van der Waals surface area contributed by atoms with Gasteiger partial charge in [0, 0.05) is 30.8 Å². The molecular formula is C15H22N2O2. The van der Waals surface area contributed by atoms with Crippen LogP contribution in [0.2, 0.25) is 0 Å². The number of rotatable bonds is 2. The summed E-state index contributed by atoms with van der Waals surface area (Å²) in [6, 6.07) is 0. The molecular weight excluding hydrogens is 240 g/mol. The smallest absolute Gasteiger partial charge is 0.309 e. The molecule has 1 aromatic rings. The normalized spacial score (nSPS) is 23.9. The number of fused-ring (bicyclic) bond motifs is 1. The molecule has 2 heterocycles. The van der Waals surface area contributed by atoms with Gasteiger partial charge in [-0.05, 0) is 19.3 Å². The SMILES string of the molecule is COC(=O)C1CCn2c(cnc2C2CCCCC2)C1. The number of hydrogen-bond donors (Lipinski definition) is 0. The van der Waals surface area contributed by atoms with Gasteiger partial charge in [0.1, 0.15) is 5.82 Å². The second-order valence-electron chi connectivity index (χ2n) is 5.81. The number of hydrogen-bond acceptors (Lipinski definition) is 3. The van der Waals surface area contributed by atoms with E-state index in [1.807, 2.05) is 6.20 Å². The highest BCUT2D eigenvalue weighted by molar-refractivity contribution is 5.72. The van der Waals surface area contributed by atoms with Crippen LogP contribution in [0, 0.1) is 5.92 Å². The Labute approximate surface area is 114 Å². The maximum absolute atomic E-state index is 11.6. The van der Waals surface area contributed by atoms with Crippen molar-refractivity contribution in [1.29, 1.82) is 0 Å². The Bertz CT molecular complexity index is 461. The fourth-order valence-corrected chi connectivity index (χ4v) is 3.54. The van der Waals surface area contributed by atoms with Crippen LogP contribution in [0.1, 0.15) is 56.0 Å². The molecule has 1 aliphatic carbocycles. The largest absolute Gasteiger partial charge is 0.469 e. The van der Waals surface area contributed by atoms with Crippen LogP contribution in [0.3, 0.4) is 0 Å². The second kappa shape index (κ2) is 5.35. The second-order valence-corrected chi connectivity index (χ2v) is 5.81. The molecule has 1 unspecified atom stereocenters. The summed E-state index contributed by atoms with van der Waals surface area (Å²) in [6.45, 7) is 0.918. The molecule has 1 saturated carbocycles. The Balaban J connectivity index is 1.77. The van der Waals surface area contributed by atoms with E-state index in [-0.39, 0.29) is 11.9 Å². The maximum Gasteiger partial charge on any atom is 0.309 e. The minimum absolute atomic E-state index is 0.0217. The number of methoxy groups -OCH3 is 1. The van der Waals surface area contributed by atoms with Crippen LogP contribution < -0.4 is 0 Å². The number of nitrogens with zero attached hydrogens (tertiary/aromatic N) is 2. The van der Waals surface area contributed by atoms with Gasteiger partial charge in [-0.1, -0.05) is 19.3 Å². The molecule has 3 rings (SSSR count). The van der Waals surface area contributed by atoms with Gasteiger partial charge in [-0.25, -0.2) is 4.98 Å². The minimum Gasteiger partial charge on any atom is -0.469 e. The molecule has 0 radical (unpaired) electrons. The van der Waals surface area contributed by atoms with Crippen molar-refractivity contribution in [1.82, 2.24) is 9.55 Å². The quantitative estimate of drug-likeness (QED) is 0.770. The standard InChI is InChI=1S/C15H22N2O2/c1-19-15(18)12-7-8-17-13(9-12)10-16-14(17)11-5-3-2-4-6-11/h10-12H,2-9H2,1H3. The van der Waals surface area contributed by atoms with Crippen molar-refractivity contribution in [3.63, 3.8) is 0 Å². The Kier molecular flexibility index (Phi) is 3.58. The van der Waals surface area contributed by atoms with E-state index in [9.17, 15) is 4.79 Å².